The van der Waals surface area contributed by atoms with E-state index >= 15 is 0 Å². The number of nitrogens with one attached hydrogen (secondary N) is 1. The normalized spacial score (nSPS) is 10.1. The number of carboxylic acid groups (broad SMARTS) is 1. The molecule has 0 aliphatic carbocycles. The van der Waals surface area contributed by atoms with Gasteiger partial charge < -0.3 is 10.4 Å². The fourth-order valence-corrected chi connectivity index (χ4v) is 1.66. The number of rotatable bonds is 3. The molecular weight excluding hydrogens is 257 g/mol. The molecule has 0 saturated carbocycles. The highest BCUT2D eigenvalue weighted by atomic mass is 35.5. The zero-order chi connectivity index (χ0) is 13.1. The van der Waals surface area contributed by atoms with Crippen LogP contribution in [0, 0.1) is 5.82 Å². The van der Waals surface area contributed by atoms with E-state index in [0.29, 0.717) is 10.7 Å². The monoisotopic (exact) mass is 265 g/mol. The molecule has 2 N–H and O–H groups in total. The molecule has 0 radical (unpaired) electrons. The van der Waals surface area contributed by atoms with Crippen LogP contribution in [-0.2, 0) is 0 Å². The van der Waals surface area contributed by atoms with Crippen molar-refractivity contribution in [2.45, 2.75) is 0 Å². The molecule has 0 amide bonds. The average molecular weight is 266 g/mol. The van der Waals surface area contributed by atoms with E-state index in [0.717, 1.165) is 6.07 Å². The number of carbonyl (C=O) groups is 1. The first kappa shape index (κ1) is 12.4. The molecule has 3 nitrogen and oxygen atoms in total. The SMILES string of the molecule is O=C(O)c1c(F)cccc1Nc1ccc(Cl)cc1. The summed E-state index contributed by atoms with van der Waals surface area (Å²) in [5.74, 6) is -2.09. The minimum absolute atomic E-state index is 0.199. The summed E-state index contributed by atoms with van der Waals surface area (Å²) in [5.41, 5.74) is 0.449. The predicted octanol–water partition coefficient (Wildman–Crippen LogP) is 3.92. The van der Waals surface area contributed by atoms with Gasteiger partial charge in [0.05, 0.1) is 5.69 Å². The Kier molecular flexibility index (Phi) is 3.48. The van der Waals surface area contributed by atoms with Gasteiger partial charge in [0.15, 0.2) is 0 Å². The lowest BCUT2D eigenvalue weighted by Gasteiger charge is -2.10. The number of anilines is 2. The van der Waals surface area contributed by atoms with Crippen LogP contribution in [0.15, 0.2) is 42.5 Å². The summed E-state index contributed by atoms with van der Waals surface area (Å²) in [5, 5.41) is 12.4. The molecule has 0 spiro atoms. The summed E-state index contributed by atoms with van der Waals surface area (Å²) in [7, 11) is 0. The smallest absolute Gasteiger partial charge is 0.340 e. The van der Waals surface area contributed by atoms with E-state index in [2.05, 4.69) is 5.32 Å². The Morgan fingerprint density at radius 2 is 1.83 bits per heavy atom. The van der Waals surface area contributed by atoms with Crippen molar-refractivity contribution in [1.82, 2.24) is 0 Å². The third kappa shape index (κ3) is 2.60. The van der Waals surface area contributed by atoms with Crippen LogP contribution in [0.5, 0.6) is 0 Å². The van der Waals surface area contributed by atoms with Crippen molar-refractivity contribution in [3.63, 3.8) is 0 Å². The fraction of sp³-hybridized carbons (Fsp3) is 0. The number of hydrogen-bond acceptors (Lipinski definition) is 2. The molecule has 0 saturated heterocycles. The van der Waals surface area contributed by atoms with E-state index in [4.69, 9.17) is 16.7 Å². The highest BCUT2D eigenvalue weighted by molar-refractivity contribution is 6.30. The van der Waals surface area contributed by atoms with Crippen molar-refractivity contribution < 1.29 is 14.3 Å². The lowest BCUT2D eigenvalue weighted by Crippen LogP contribution is -2.05. The largest absolute Gasteiger partial charge is 0.478 e. The van der Waals surface area contributed by atoms with Gasteiger partial charge in [-0.25, -0.2) is 9.18 Å². The Labute approximate surface area is 108 Å². The van der Waals surface area contributed by atoms with Crippen LogP contribution in [0.4, 0.5) is 15.8 Å². The topological polar surface area (TPSA) is 49.3 Å². The molecule has 2 aromatic carbocycles. The molecule has 0 aliphatic rings. The summed E-state index contributed by atoms with van der Waals surface area (Å²) in [4.78, 5) is 11.0. The highest BCUT2D eigenvalue weighted by Crippen LogP contribution is 2.24. The van der Waals surface area contributed by atoms with E-state index in [1.165, 1.54) is 12.1 Å². The Balaban J connectivity index is 2.37. The van der Waals surface area contributed by atoms with Gasteiger partial charge in [-0.05, 0) is 36.4 Å². The highest BCUT2D eigenvalue weighted by Gasteiger charge is 2.15. The quantitative estimate of drug-likeness (QED) is 0.884. The van der Waals surface area contributed by atoms with Crippen molar-refractivity contribution in [2.75, 3.05) is 5.32 Å². The van der Waals surface area contributed by atoms with E-state index in [9.17, 15) is 9.18 Å². The van der Waals surface area contributed by atoms with Crippen LogP contribution in [0.3, 0.4) is 0 Å². The van der Waals surface area contributed by atoms with Crippen molar-refractivity contribution in [2.24, 2.45) is 0 Å². The maximum atomic E-state index is 13.4. The molecule has 0 fully saturated rings. The van der Waals surface area contributed by atoms with Crippen LogP contribution in [0.25, 0.3) is 0 Å². The minimum Gasteiger partial charge on any atom is -0.478 e. The van der Waals surface area contributed by atoms with E-state index in [1.807, 2.05) is 0 Å². The summed E-state index contributed by atoms with van der Waals surface area (Å²) in [6.45, 7) is 0. The third-order valence-corrected chi connectivity index (χ3v) is 2.60. The van der Waals surface area contributed by atoms with Crippen LogP contribution in [0.1, 0.15) is 10.4 Å². The van der Waals surface area contributed by atoms with Gasteiger partial charge in [0, 0.05) is 10.7 Å². The van der Waals surface area contributed by atoms with Crippen molar-refractivity contribution >= 4 is 28.9 Å². The summed E-state index contributed by atoms with van der Waals surface area (Å²) in [6.07, 6.45) is 0. The first-order valence-electron chi connectivity index (χ1n) is 5.12. The first-order valence-corrected chi connectivity index (χ1v) is 5.50. The van der Waals surface area contributed by atoms with E-state index in [1.54, 1.807) is 24.3 Å². The summed E-state index contributed by atoms with van der Waals surface area (Å²) >= 11 is 5.74. The number of halogens is 2. The number of carboxylic acids is 1. The van der Waals surface area contributed by atoms with E-state index in [-0.39, 0.29) is 11.3 Å². The third-order valence-electron chi connectivity index (χ3n) is 2.35. The molecule has 0 bridgehead atoms. The molecule has 2 aromatic rings. The zero-order valence-corrected chi connectivity index (χ0v) is 9.91. The van der Waals surface area contributed by atoms with Crippen molar-refractivity contribution in [1.29, 1.82) is 0 Å². The van der Waals surface area contributed by atoms with Gasteiger partial charge in [-0.15, -0.1) is 0 Å². The average Bonchev–Trinajstić information content (AvgIpc) is 2.32. The molecule has 0 unspecified atom stereocenters. The molecule has 0 aromatic heterocycles. The van der Waals surface area contributed by atoms with Gasteiger partial charge in [0.1, 0.15) is 11.4 Å². The van der Waals surface area contributed by atoms with Crippen LogP contribution in [-0.4, -0.2) is 11.1 Å². The van der Waals surface area contributed by atoms with E-state index < -0.39 is 11.8 Å². The maximum Gasteiger partial charge on any atom is 0.340 e. The minimum atomic E-state index is -1.32. The first-order chi connectivity index (χ1) is 8.58. The van der Waals surface area contributed by atoms with Crippen molar-refractivity contribution in [3.8, 4) is 0 Å². The van der Waals surface area contributed by atoms with Gasteiger partial charge in [-0.2, -0.15) is 0 Å². The molecule has 5 heteroatoms. The number of hydrogen-bond donors (Lipinski definition) is 2. The van der Waals surface area contributed by atoms with Crippen LogP contribution in [0.2, 0.25) is 5.02 Å². The Bertz CT molecular complexity index is 584. The molecule has 0 heterocycles. The second-order valence-electron chi connectivity index (χ2n) is 3.60. The Morgan fingerprint density at radius 1 is 1.17 bits per heavy atom. The fourth-order valence-electron chi connectivity index (χ4n) is 1.53. The number of aromatic carboxylic acids is 1. The molecule has 2 rings (SSSR count). The second kappa shape index (κ2) is 5.06. The van der Waals surface area contributed by atoms with Gasteiger partial charge in [0.2, 0.25) is 0 Å². The van der Waals surface area contributed by atoms with Crippen LogP contribution >= 0.6 is 11.6 Å². The lowest BCUT2D eigenvalue weighted by molar-refractivity contribution is 0.0693. The van der Waals surface area contributed by atoms with Gasteiger partial charge in [0.25, 0.3) is 0 Å². The predicted molar refractivity (Wildman–Crippen MR) is 68.1 cm³/mol. The molecule has 0 atom stereocenters. The summed E-state index contributed by atoms with van der Waals surface area (Å²) < 4.78 is 13.4. The van der Waals surface area contributed by atoms with Gasteiger partial charge in [-0.1, -0.05) is 17.7 Å². The molecule has 0 aliphatic heterocycles. The molecule has 92 valence electrons. The molecular formula is C13H9ClFNO2. The lowest BCUT2D eigenvalue weighted by atomic mass is 10.1. The zero-order valence-electron chi connectivity index (χ0n) is 9.15. The number of benzene rings is 2. The van der Waals surface area contributed by atoms with Gasteiger partial charge in [-0.3, -0.25) is 0 Å². The molecule has 18 heavy (non-hydrogen) atoms. The Morgan fingerprint density at radius 3 is 2.44 bits per heavy atom. The summed E-state index contributed by atoms with van der Waals surface area (Å²) in [6, 6.07) is 10.7. The van der Waals surface area contributed by atoms with Gasteiger partial charge >= 0.3 is 5.97 Å². The maximum absolute atomic E-state index is 13.4. The standard InChI is InChI=1S/C13H9ClFNO2/c14-8-4-6-9(7-5-8)16-11-3-1-2-10(15)12(11)13(17)18/h1-7,16H,(H,17,18). The Hall–Kier alpha value is -2.07. The second-order valence-corrected chi connectivity index (χ2v) is 4.04. The van der Waals surface area contributed by atoms with Crippen LogP contribution < -0.4 is 5.32 Å². The van der Waals surface area contributed by atoms with Crippen molar-refractivity contribution in [3.05, 3.63) is 58.9 Å².